The Morgan fingerprint density at radius 3 is 2.14 bits per heavy atom. The van der Waals surface area contributed by atoms with Crippen LogP contribution in [0.1, 0.15) is 46.0 Å². The lowest BCUT2D eigenvalue weighted by molar-refractivity contribution is 0.628. The average molecular weight is 317 g/mol. The number of rotatable bonds is 10. The van der Waals surface area contributed by atoms with Crippen molar-refractivity contribution in [3.8, 4) is 0 Å². The fourth-order valence-electron chi connectivity index (χ4n) is 2.09. The quantitative estimate of drug-likeness (QED) is 0.275. The number of allylic oxidation sites excluding steroid dienone is 6. The highest BCUT2D eigenvalue weighted by molar-refractivity contribution is 7.48. The van der Waals surface area contributed by atoms with Crippen molar-refractivity contribution in [2.45, 2.75) is 51.6 Å². The van der Waals surface area contributed by atoms with E-state index < -0.39 is 0 Å². The SMILES string of the molecule is CC=CCCC=CCCC=CC(CC)Pc1ccc([18F])cc1. The second-order valence-corrected chi connectivity index (χ2v) is 6.90. The van der Waals surface area contributed by atoms with Gasteiger partial charge in [0.15, 0.2) is 0 Å². The molecule has 2 atom stereocenters. The second kappa shape index (κ2) is 12.4. The Morgan fingerprint density at radius 2 is 1.55 bits per heavy atom. The molecule has 2 unspecified atom stereocenters. The minimum atomic E-state index is -0.154. The Hall–Kier alpha value is -1.20. The summed E-state index contributed by atoms with van der Waals surface area (Å²) >= 11 is 0. The molecule has 120 valence electrons. The molecule has 1 aromatic rings. The monoisotopic (exact) mass is 317 g/mol. The van der Waals surface area contributed by atoms with E-state index in [4.69, 9.17) is 0 Å². The maximum Gasteiger partial charge on any atom is 0.123 e. The molecule has 0 saturated heterocycles. The molecule has 0 bridgehead atoms. The van der Waals surface area contributed by atoms with E-state index in [0.29, 0.717) is 5.66 Å². The van der Waals surface area contributed by atoms with Gasteiger partial charge in [0.2, 0.25) is 0 Å². The second-order valence-electron chi connectivity index (χ2n) is 5.29. The van der Waals surface area contributed by atoms with Crippen molar-refractivity contribution in [1.82, 2.24) is 0 Å². The highest BCUT2D eigenvalue weighted by Crippen LogP contribution is 2.23. The van der Waals surface area contributed by atoms with Crippen molar-refractivity contribution in [2.75, 3.05) is 0 Å². The van der Waals surface area contributed by atoms with Crippen molar-refractivity contribution in [3.63, 3.8) is 0 Å². The number of hydrogen-bond acceptors (Lipinski definition) is 0. The van der Waals surface area contributed by atoms with E-state index in [1.54, 1.807) is 12.1 Å². The van der Waals surface area contributed by atoms with Gasteiger partial charge in [-0.05, 0) is 62.1 Å². The van der Waals surface area contributed by atoms with Crippen LogP contribution in [0.15, 0.2) is 60.7 Å². The molecule has 0 spiro atoms. The average Bonchev–Trinajstić information content (AvgIpc) is 2.54. The van der Waals surface area contributed by atoms with E-state index in [2.05, 4.69) is 50.3 Å². The molecule has 0 aliphatic heterocycles. The van der Waals surface area contributed by atoms with E-state index in [1.165, 1.54) is 5.30 Å². The van der Waals surface area contributed by atoms with E-state index in [0.717, 1.165) is 40.7 Å². The van der Waals surface area contributed by atoms with E-state index in [1.807, 2.05) is 12.1 Å². The fourth-order valence-corrected chi connectivity index (χ4v) is 3.32. The van der Waals surface area contributed by atoms with Gasteiger partial charge in [-0.3, -0.25) is 0 Å². The summed E-state index contributed by atoms with van der Waals surface area (Å²) in [6.07, 6.45) is 19.1. The molecule has 0 saturated carbocycles. The predicted octanol–water partition coefficient (Wildman–Crippen LogP) is 6.16. The Kier molecular flexibility index (Phi) is 10.6. The van der Waals surface area contributed by atoms with Crippen LogP contribution >= 0.6 is 8.58 Å². The lowest BCUT2D eigenvalue weighted by Gasteiger charge is -2.10. The van der Waals surface area contributed by atoms with Crippen molar-refractivity contribution in [2.24, 2.45) is 0 Å². The molecule has 2 heteroatoms. The molecule has 1 aromatic carbocycles. The molecule has 0 N–H and O–H groups in total. The molecule has 1 rings (SSSR count). The van der Waals surface area contributed by atoms with Crippen molar-refractivity contribution in [3.05, 3.63) is 66.5 Å². The van der Waals surface area contributed by atoms with Crippen LogP contribution in [-0.2, 0) is 0 Å². The van der Waals surface area contributed by atoms with Gasteiger partial charge in [-0.15, -0.1) is 0 Å². The normalized spacial score (nSPS) is 14.1. The van der Waals surface area contributed by atoms with Crippen LogP contribution < -0.4 is 5.30 Å². The largest absolute Gasteiger partial charge is 0.207 e. The van der Waals surface area contributed by atoms with Crippen LogP contribution in [0.4, 0.5) is 4.39 Å². The number of benzene rings is 1. The zero-order chi connectivity index (χ0) is 16.0. The summed E-state index contributed by atoms with van der Waals surface area (Å²) in [6, 6.07) is 6.91. The Morgan fingerprint density at radius 1 is 0.955 bits per heavy atom. The summed E-state index contributed by atoms with van der Waals surface area (Å²) in [4.78, 5) is 0. The van der Waals surface area contributed by atoms with E-state index in [9.17, 15) is 4.39 Å². The zero-order valence-electron chi connectivity index (χ0n) is 13.8. The highest BCUT2D eigenvalue weighted by Gasteiger charge is 2.03. The number of unbranched alkanes of at least 4 members (excludes halogenated alkanes) is 2. The molecule has 0 aliphatic carbocycles. The number of halogens is 1. The molecule has 0 heterocycles. The molecule has 0 fully saturated rings. The van der Waals surface area contributed by atoms with Gasteiger partial charge in [-0.25, -0.2) is 4.39 Å². The van der Waals surface area contributed by atoms with Crippen molar-refractivity contribution < 1.29 is 4.39 Å². The smallest absolute Gasteiger partial charge is 0.123 e. The summed E-state index contributed by atoms with van der Waals surface area (Å²) in [7, 11) is 0.725. The first kappa shape index (κ1) is 18.8. The van der Waals surface area contributed by atoms with Gasteiger partial charge in [-0.2, -0.15) is 0 Å². The summed E-state index contributed by atoms with van der Waals surface area (Å²) in [5.41, 5.74) is 0.573. The van der Waals surface area contributed by atoms with Crippen LogP contribution in [-0.4, -0.2) is 5.66 Å². The number of hydrogen-bond donors (Lipinski definition) is 0. The lowest BCUT2D eigenvalue weighted by Crippen LogP contribution is -2.02. The molecule has 0 nitrogen and oxygen atoms in total. The summed E-state index contributed by atoms with van der Waals surface area (Å²) in [6.45, 7) is 4.28. The van der Waals surface area contributed by atoms with Crippen molar-refractivity contribution >= 4 is 13.9 Å². The van der Waals surface area contributed by atoms with Crippen LogP contribution in [0.3, 0.4) is 0 Å². The Labute approximate surface area is 137 Å². The third-order valence-electron chi connectivity index (χ3n) is 3.41. The molecule has 0 aliphatic rings. The van der Waals surface area contributed by atoms with Gasteiger partial charge in [0.25, 0.3) is 0 Å². The van der Waals surface area contributed by atoms with Crippen LogP contribution in [0.2, 0.25) is 0 Å². The maximum absolute atomic E-state index is 12.9. The third kappa shape index (κ3) is 8.95. The Bertz CT molecular complexity index is 471. The maximum atomic E-state index is 12.9. The van der Waals surface area contributed by atoms with Crippen molar-refractivity contribution in [1.29, 1.82) is 0 Å². The first-order valence-corrected chi connectivity index (χ1v) is 9.29. The van der Waals surface area contributed by atoms with Gasteiger partial charge in [0.1, 0.15) is 5.82 Å². The summed E-state index contributed by atoms with van der Waals surface area (Å²) < 4.78 is 12.9. The van der Waals surface area contributed by atoms with Crippen LogP contribution in [0.25, 0.3) is 0 Å². The highest BCUT2D eigenvalue weighted by atomic mass is 31.1. The minimum Gasteiger partial charge on any atom is -0.207 e. The van der Waals surface area contributed by atoms with Gasteiger partial charge in [0.05, 0.1) is 0 Å². The molecular formula is C20H28FP. The topological polar surface area (TPSA) is 0 Å². The predicted molar refractivity (Wildman–Crippen MR) is 100.0 cm³/mol. The minimum absolute atomic E-state index is 0.154. The van der Waals surface area contributed by atoms with Gasteiger partial charge >= 0.3 is 0 Å². The summed E-state index contributed by atoms with van der Waals surface area (Å²) in [5, 5.41) is 1.24. The molecule has 0 radical (unpaired) electrons. The van der Waals surface area contributed by atoms with E-state index >= 15 is 0 Å². The Balaban J connectivity index is 2.25. The zero-order valence-corrected chi connectivity index (χ0v) is 14.8. The van der Waals surface area contributed by atoms with Crippen LogP contribution in [0, 0.1) is 5.82 Å². The van der Waals surface area contributed by atoms with E-state index in [-0.39, 0.29) is 5.82 Å². The molecular weight excluding hydrogens is 289 g/mol. The fraction of sp³-hybridized carbons (Fsp3) is 0.400. The van der Waals surface area contributed by atoms with Gasteiger partial charge in [-0.1, -0.05) is 64.1 Å². The summed E-state index contributed by atoms with van der Waals surface area (Å²) in [5.74, 6) is -0.154. The van der Waals surface area contributed by atoms with Gasteiger partial charge < -0.3 is 0 Å². The molecule has 0 amide bonds. The van der Waals surface area contributed by atoms with Crippen LogP contribution in [0.5, 0.6) is 0 Å². The first-order chi connectivity index (χ1) is 10.8. The lowest BCUT2D eigenvalue weighted by atomic mass is 10.2. The standard InChI is InChI=1S/C20H28FP/c1-3-5-6-7-8-9-10-11-12-13-19(4-2)22-20-16-14-18(21)15-17-20/h3,5,8-9,12-17,19,22H,4,6-7,10-11H2,1-2H3/i21-1. The van der Waals surface area contributed by atoms with Gasteiger partial charge in [0, 0.05) is 0 Å². The third-order valence-corrected chi connectivity index (χ3v) is 5.05. The molecule has 22 heavy (non-hydrogen) atoms. The molecule has 0 aromatic heterocycles. The first-order valence-electron chi connectivity index (χ1n) is 8.21.